The van der Waals surface area contributed by atoms with Crippen LogP contribution in [0.25, 0.3) is 0 Å². The number of ether oxygens (including phenoxy) is 1. The summed E-state index contributed by atoms with van der Waals surface area (Å²) in [4.78, 5) is 43.6. The van der Waals surface area contributed by atoms with Crippen molar-refractivity contribution >= 4 is 17.8 Å². The van der Waals surface area contributed by atoms with E-state index < -0.39 is 12.1 Å². The number of pyridine rings is 1. The van der Waals surface area contributed by atoms with Gasteiger partial charge in [0, 0.05) is 30.9 Å². The molecular formula is C18H26N4O4. The number of carbonyl (C=O) groups is 3. The first-order valence-corrected chi connectivity index (χ1v) is 8.65. The zero-order valence-electron chi connectivity index (χ0n) is 16.0. The Hall–Kier alpha value is -2.64. The first kappa shape index (κ1) is 19.7. The molecule has 1 unspecified atom stereocenters. The standard InChI is InChI=1S/C18H26N4O4/c1-6-7-22-17(24)13(20-18(22)25)8-15(23)21(4)10-14-12(3)16(26-5)11(2)9-19-14/h9,13H,6-8,10H2,1-5H3,(H,20,25). The van der Waals surface area contributed by atoms with Crippen LogP contribution in [-0.2, 0) is 16.1 Å². The van der Waals surface area contributed by atoms with Gasteiger partial charge >= 0.3 is 6.03 Å². The number of aryl methyl sites for hydroxylation is 1. The Morgan fingerprint density at radius 2 is 2.08 bits per heavy atom. The van der Waals surface area contributed by atoms with Crippen molar-refractivity contribution in [1.29, 1.82) is 0 Å². The Balaban J connectivity index is 2.03. The van der Waals surface area contributed by atoms with Gasteiger partial charge in [0.25, 0.3) is 5.91 Å². The number of hydrogen-bond acceptors (Lipinski definition) is 5. The number of nitrogens with zero attached hydrogens (tertiary/aromatic N) is 3. The van der Waals surface area contributed by atoms with Crippen LogP contribution in [0.1, 0.15) is 36.6 Å². The second-order valence-electron chi connectivity index (χ2n) is 6.49. The molecule has 1 fully saturated rings. The Kier molecular flexibility index (Phi) is 6.18. The summed E-state index contributed by atoms with van der Waals surface area (Å²) in [7, 11) is 3.26. The van der Waals surface area contributed by atoms with Crippen molar-refractivity contribution in [3.05, 3.63) is 23.0 Å². The van der Waals surface area contributed by atoms with E-state index in [0.29, 0.717) is 19.5 Å². The van der Waals surface area contributed by atoms with Gasteiger partial charge in [-0.25, -0.2) is 4.79 Å². The van der Waals surface area contributed by atoms with Gasteiger partial charge in [0.05, 0.1) is 25.8 Å². The molecule has 1 aliphatic heterocycles. The summed E-state index contributed by atoms with van der Waals surface area (Å²) < 4.78 is 5.39. The number of nitrogens with one attached hydrogen (secondary N) is 1. The molecule has 1 aromatic rings. The van der Waals surface area contributed by atoms with E-state index in [1.807, 2.05) is 20.8 Å². The third-order valence-corrected chi connectivity index (χ3v) is 4.50. The van der Waals surface area contributed by atoms with Crippen LogP contribution in [0.4, 0.5) is 4.79 Å². The third kappa shape index (κ3) is 3.95. The first-order valence-electron chi connectivity index (χ1n) is 8.65. The first-order chi connectivity index (χ1) is 12.3. The van der Waals surface area contributed by atoms with Crippen molar-refractivity contribution < 1.29 is 19.1 Å². The van der Waals surface area contributed by atoms with Gasteiger partial charge in [0.2, 0.25) is 5.91 Å². The van der Waals surface area contributed by atoms with Crippen LogP contribution in [0, 0.1) is 13.8 Å². The van der Waals surface area contributed by atoms with E-state index in [1.54, 1.807) is 20.4 Å². The van der Waals surface area contributed by atoms with Crippen LogP contribution < -0.4 is 10.1 Å². The molecule has 2 heterocycles. The van der Waals surface area contributed by atoms with Gasteiger partial charge in [-0.1, -0.05) is 6.92 Å². The largest absolute Gasteiger partial charge is 0.496 e. The average molecular weight is 362 g/mol. The fourth-order valence-corrected chi connectivity index (χ4v) is 3.02. The predicted molar refractivity (Wildman–Crippen MR) is 95.7 cm³/mol. The van der Waals surface area contributed by atoms with Gasteiger partial charge in [-0.3, -0.25) is 19.5 Å². The highest BCUT2D eigenvalue weighted by atomic mass is 16.5. The summed E-state index contributed by atoms with van der Waals surface area (Å²) in [6.45, 7) is 6.36. The molecule has 1 N–H and O–H groups in total. The van der Waals surface area contributed by atoms with E-state index in [0.717, 1.165) is 27.5 Å². The number of aromatic nitrogens is 1. The van der Waals surface area contributed by atoms with Gasteiger partial charge in [0.15, 0.2) is 0 Å². The fourth-order valence-electron chi connectivity index (χ4n) is 3.02. The average Bonchev–Trinajstić information content (AvgIpc) is 2.85. The Labute approximate surface area is 153 Å². The number of hydrogen-bond donors (Lipinski definition) is 1. The monoisotopic (exact) mass is 362 g/mol. The SMILES string of the molecule is CCCN1C(=O)NC(CC(=O)N(C)Cc2ncc(C)c(OC)c2C)C1=O. The second kappa shape index (κ2) is 8.16. The van der Waals surface area contributed by atoms with Gasteiger partial charge in [-0.05, 0) is 20.3 Å². The second-order valence-corrected chi connectivity index (χ2v) is 6.49. The Bertz CT molecular complexity index is 719. The van der Waals surface area contributed by atoms with Crippen LogP contribution >= 0.6 is 0 Å². The number of methoxy groups -OCH3 is 1. The van der Waals surface area contributed by atoms with E-state index in [4.69, 9.17) is 4.74 Å². The molecule has 0 saturated carbocycles. The van der Waals surface area contributed by atoms with E-state index >= 15 is 0 Å². The lowest BCUT2D eigenvalue weighted by molar-refractivity contribution is -0.135. The number of urea groups is 1. The fraction of sp³-hybridized carbons (Fsp3) is 0.556. The van der Waals surface area contributed by atoms with Crippen molar-refractivity contribution in [3.8, 4) is 5.75 Å². The molecule has 0 aliphatic carbocycles. The molecule has 2 rings (SSSR count). The summed E-state index contributed by atoms with van der Waals surface area (Å²) >= 11 is 0. The highest BCUT2D eigenvalue weighted by Gasteiger charge is 2.38. The molecule has 1 aliphatic rings. The lowest BCUT2D eigenvalue weighted by Gasteiger charge is -2.20. The summed E-state index contributed by atoms with van der Waals surface area (Å²) in [5.74, 6) is 0.178. The van der Waals surface area contributed by atoms with E-state index in [-0.39, 0.29) is 18.2 Å². The molecule has 1 saturated heterocycles. The molecule has 142 valence electrons. The van der Waals surface area contributed by atoms with Gasteiger partial charge in [0.1, 0.15) is 11.8 Å². The molecule has 0 spiro atoms. The lowest BCUT2D eigenvalue weighted by atomic mass is 10.1. The van der Waals surface area contributed by atoms with Gasteiger partial charge < -0.3 is 15.0 Å². The maximum Gasteiger partial charge on any atom is 0.324 e. The topological polar surface area (TPSA) is 91.8 Å². The van der Waals surface area contributed by atoms with E-state index in [1.165, 1.54) is 4.90 Å². The summed E-state index contributed by atoms with van der Waals surface area (Å²) in [5.41, 5.74) is 2.54. The number of amides is 4. The van der Waals surface area contributed by atoms with Crippen LogP contribution in [0.2, 0.25) is 0 Å². The molecule has 0 radical (unpaired) electrons. The quantitative estimate of drug-likeness (QED) is 0.740. The molecule has 8 heteroatoms. The Morgan fingerprint density at radius 3 is 2.69 bits per heavy atom. The molecule has 8 nitrogen and oxygen atoms in total. The number of imide groups is 1. The zero-order chi connectivity index (χ0) is 19.4. The third-order valence-electron chi connectivity index (χ3n) is 4.50. The van der Waals surface area contributed by atoms with Crippen LogP contribution in [0.3, 0.4) is 0 Å². The minimum Gasteiger partial charge on any atom is -0.496 e. The predicted octanol–water partition coefficient (Wildman–Crippen LogP) is 1.39. The van der Waals surface area contributed by atoms with Crippen molar-refractivity contribution in [3.63, 3.8) is 0 Å². The smallest absolute Gasteiger partial charge is 0.324 e. The lowest BCUT2D eigenvalue weighted by Crippen LogP contribution is -2.37. The minimum absolute atomic E-state index is 0.0661. The number of carbonyl (C=O) groups excluding carboxylic acids is 3. The molecular weight excluding hydrogens is 336 g/mol. The molecule has 4 amide bonds. The molecule has 1 atom stereocenters. The molecule has 0 aromatic carbocycles. The maximum atomic E-state index is 12.5. The summed E-state index contributed by atoms with van der Waals surface area (Å²) in [6.07, 6.45) is 2.33. The van der Waals surface area contributed by atoms with Gasteiger partial charge in [-0.2, -0.15) is 0 Å². The van der Waals surface area contributed by atoms with Gasteiger partial charge in [-0.15, -0.1) is 0 Å². The number of rotatable bonds is 7. The Morgan fingerprint density at radius 1 is 1.38 bits per heavy atom. The van der Waals surface area contributed by atoms with Crippen molar-refractivity contribution in [2.75, 3.05) is 20.7 Å². The van der Waals surface area contributed by atoms with E-state index in [9.17, 15) is 14.4 Å². The van der Waals surface area contributed by atoms with Crippen molar-refractivity contribution in [2.45, 2.75) is 46.2 Å². The summed E-state index contributed by atoms with van der Waals surface area (Å²) in [5, 5.41) is 2.58. The molecule has 26 heavy (non-hydrogen) atoms. The highest BCUT2D eigenvalue weighted by molar-refractivity contribution is 6.05. The van der Waals surface area contributed by atoms with Crippen LogP contribution in [-0.4, -0.2) is 59.4 Å². The normalized spacial score (nSPS) is 16.7. The molecule has 0 bridgehead atoms. The minimum atomic E-state index is -0.800. The summed E-state index contributed by atoms with van der Waals surface area (Å²) in [6, 6.07) is -1.23. The highest BCUT2D eigenvalue weighted by Crippen LogP contribution is 2.24. The zero-order valence-corrected chi connectivity index (χ0v) is 16.0. The van der Waals surface area contributed by atoms with Crippen molar-refractivity contribution in [2.24, 2.45) is 0 Å². The van der Waals surface area contributed by atoms with Crippen molar-refractivity contribution in [1.82, 2.24) is 20.1 Å². The van der Waals surface area contributed by atoms with Crippen LogP contribution in [0.15, 0.2) is 6.20 Å². The molecule has 1 aromatic heterocycles. The van der Waals surface area contributed by atoms with Crippen LogP contribution in [0.5, 0.6) is 5.75 Å². The maximum absolute atomic E-state index is 12.5. The van der Waals surface area contributed by atoms with E-state index in [2.05, 4.69) is 10.3 Å².